The number of aryl methyl sites for hydroxylation is 1. The van der Waals surface area contributed by atoms with Crippen molar-refractivity contribution in [1.29, 1.82) is 0 Å². The standard InChI is InChI=1S/C13H21NOS/c1-11-4-3-5-12(8-11)10-16-7-6-13(9-15)14-2/h3-5,8,13-15H,6-7,9-10H2,1-2H3. The van der Waals surface area contributed by atoms with Gasteiger partial charge in [0.05, 0.1) is 6.61 Å². The van der Waals surface area contributed by atoms with E-state index in [1.165, 1.54) is 11.1 Å². The van der Waals surface area contributed by atoms with E-state index >= 15 is 0 Å². The maximum absolute atomic E-state index is 9.01. The molecule has 0 saturated carbocycles. The molecule has 3 heteroatoms. The summed E-state index contributed by atoms with van der Waals surface area (Å²) in [6.45, 7) is 2.35. The largest absolute Gasteiger partial charge is 0.395 e. The molecule has 1 aromatic carbocycles. The van der Waals surface area contributed by atoms with Gasteiger partial charge in [-0.1, -0.05) is 29.8 Å². The van der Waals surface area contributed by atoms with Crippen LogP contribution in [-0.4, -0.2) is 30.6 Å². The second kappa shape index (κ2) is 7.71. The molecule has 0 bridgehead atoms. The van der Waals surface area contributed by atoms with Gasteiger partial charge >= 0.3 is 0 Å². The molecule has 0 aliphatic heterocycles. The molecule has 0 aromatic heterocycles. The van der Waals surface area contributed by atoms with Crippen LogP contribution in [0.2, 0.25) is 0 Å². The van der Waals surface area contributed by atoms with E-state index in [4.69, 9.17) is 5.11 Å². The topological polar surface area (TPSA) is 32.3 Å². The van der Waals surface area contributed by atoms with Crippen LogP contribution < -0.4 is 5.32 Å². The molecule has 0 spiro atoms. The quantitative estimate of drug-likeness (QED) is 0.716. The van der Waals surface area contributed by atoms with Gasteiger partial charge in [-0.25, -0.2) is 0 Å². The monoisotopic (exact) mass is 239 g/mol. The Morgan fingerprint density at radius 1 is 1.44 bits per heavy atom. The highest BCUT2D eigenvalue weighted by Gasteiger charge is 2.03. The molecule has 0 radical (unpaired) electrons. The lowest BCUT2D eigenvalue weighted by Gasteiger charge is -2.12. The molecular weight excluding hydrogens is 218 g/mol. The van der Waals surface area contributed by atoms with Crippen molar-refractivity contribution in [1.82, 2.24) is 5.32 Å². The Balaban J connectivity index is 2.20. The predicted molar refractivity (Wildman–Crippen MR) is 71.9 cm³/mol. The summed E-state index contributed by atoms with van der Waals surface area (Å²) in [5.74, 6) is 2.14. The van der Waals surface area contributed by atoms with Crippen molar-refractivity contribution in [3.05, 3.63) is 35.4 Å². The summed E-state index contributed by atoms with van der Waals surface area (Å²) in [6.07, 6.45) is 1.02. The summed E-state index contributed by atoms with van der Waals surface area (Å²) >= 11 is 1.92. The lowest BCUT2D eigenvalue weighted by atomic mass is 10.2. The van der Waals surface area contributed by atoms with Crippen LogP contribution in [0.25, 0.3) is 0 Å². The lowest BCUT2D eigenvalue weighted by Crippen LogP contribution is -2.29. The highest BCUT2D eigenvalue weighted by molar-refractivity contribution is 7.98. The Morgan fingerprint density at radius 2 is 2.25 bits per heavy atom. The fraction of sp³-hybridized carbons (Fsp3) is 0.538. The number of aliphatic hydroxyl groups is 1. The van der Waals surface area contributed by atoms with Gasteiger partial charge in [0.2, 0.25) is 0 Å². The molecular formula is C13H21NOS. The molecule has 0 fully saturated rings. The third kappa shape index (κ3) is 5.01. The Bertz CT molecular complexity index is 300. The van der Waals surface area contributed by atoms with Gasteiger partial charge in [-0.2, -0.15) is 11.8 Å². The first kappa shape index (κ1) is 13.6. The molecule has 1 atom stereocenters. The average molecular weight is 239 g/mol. The van der Waals surface area contributed by atoms with E-state index in [1.807, 2.05) is 18.8 Å². The number of thioether (sulfide) groups is 1. The summed E-state index contributed by atoms with van der Waals surface area (Å²) in [5.41, 5.74) is 2.71. The molecule has 90 valence electrons. The van der Waals surface area contributed by atoms with Crippen LogP contribution in [0.1, 0.15) is 17.5 Å². The van der Waals surface area contributed by atoms with E-state index in [0.29, 0.717) is 0 Å². The van der Waals surface area contributed by atoms with Crippen LogP contribution >= 0.6 is 11.8 Å². The molecule has 0 amide bonds. The summed E-state index contributed by atoms with van der Waals surface area (Å²) in [6, 6.07) is 8.87. The van der Waals surface area contributed by atoms with Crippen molar-refractivity contribution in [2.75, 3.05) is 19.4 Å². The van der Waals surface area contributed by atoms with E-state index in [2.05, 4.69) is 36.5 Å². The van der Waals surface area contributed by atoms with Gasteiger partial charge in [-0.3, -0.25) is 0 Å². The number of nitrogens with one attached hydrogen (secondary N) is 1. The summed E-state index contributed by atoms with van der Waals surface area (Å²) < 4.78 is 0. The third-order valence-corrected chi connectivity index (χ3v) is 3.65. The zero-order valence-electron chi connectivity index (χ0n) is 10.1. The van der Waals surface area contributed by atoms with Gasteiger partial charge in [0.1, 0.15) is 0 Å². The minimum atomic E-state index is 0.224. The van der Waals surface area contributed by atoms with Crippen molar-refractivity contribution in [3.8, 4) is 0 Å². The Hall–Kier alpha value is -0.510. The first-order valence-corrected chi connectivity index (χ1v) is 6.83. The number of hydrogen-bond acceptors (Lipinski definition) is 3. The molecule has 1 rings (SSSR count). The number of rotatable bonds is 7. The van der Waals surface area contributed by atoms with Crippen LogP contribution in [0.3, 0.4) is 0 Å². The van der Waals surface area contributed by atoms with Crippen LogP contribution in [0.4, 0.5) is 0 Å². The molecule has 2 nitrogen and oxygen atoms in total. The van der Waals surface area contributed by atoms with Crippen molar-refractivity contribution in [2.45, 2.75) is 25.1 Å². The molecule has 1 unspecified atom stereocenters. The first-order valence-electron chi connectivity index (χ1n) is 5.67. The Morgan fingerprint density at radius 3 is 2.88 bits per heavy atom. The fourth-order valence-electron chi connectivity index (χ4n) is 1.54. The molecule has 0 saturated heterocycles. The molecule has 0 aliphatic rings. The molecule has 0 aliphatic carbocycles. The van der Waals surface area contributed by atoms with Crippen molar-refractivity contribution in [2.24, 2.45) is 0 Å². The van der Waals surface area contributed by atoms with Crippen molar-refractivity contribution >= 4 is 11.8 Å². The van der Waals surface area contributed by atoms with Gasteiger partial charge in [-0.15, -0.1) is 0 Å². The highest BCUT2D eigenvalue weighted by Crippen LogP contribution is 2.14. The SMILES string of the molecule is CNC(CO)CCSCc1cccc(C)c1. The highest BCUT2D eigenvalue weighted by atomic mass is 32.2. The second-order valence-corrected chi connectivity index (χ2v) is 5.10. The van der Waals surface area contributed by atoms with Gasteiger partial charge in [-0.05, 0) is 31.7 Å². The zero-order valence-corrected chi connectivity index (χ0v) is 10.9. The van der Waals surface area contributed by atoms with Gasteiger partial charge in [0, 0.05) is 11.8 Å². The molecule has 1 aromatic rings. The Labute approximate surface area is 102 Å². The maximum Gasteiger partial charge on any atom is 0.0584 e. The van der Waals surface area contributed by atoms with Crippen LogP contribution in [-0.2, 0) is 5.75 Å². The van der Waals surface area contributed by atoms with Crippen LogP contribution in [0, 0.1) is 6.92 Å². The average Bonchev–Trinajstić information content (AvgIpc) is 2.29. The summed E-state index contributed by atoms with van der Waals surface area (Å²) in [7, 11) is 1.89. The molecule has 0 heterocycles. The molecule has 16 heavy (non-hydrogen) atoms. The maximum atomic E-state index is 9.01. The zero-order chi connectivity index (χ0) is 11.8. The fourth-order valence-corrected chi connectivity index (χ4v) is 2.56. The van der Waals surface area contributed by atoms with Gasteiger partial charge in [0.25, 0.3) is 0 Å². The van der Waals surface area contributed by atoms with Crippen molar-refractivity contribution < 1.29 is 5.11 Å². The van der Waals surface area contributed by atoms with Crippen LogP contribution in [0.15, 0.2) is 24.3 Å². The van der Waals surface area contributed by atoms with E-state index < -0.39 is 0 Å². The van der Waals surface area contributed by atoms with Crippen LogP contribution in [0.5, 0.6) is 0 Å². The van der Waals surface area contributed by atoms with Gasteiger partial charge < -0.3 is 10.4 Å². The summed E-state index contributed by atoms with van der Waals surface area (Å²) in [4.78, 5) is 0. The number of likely N-dealkylation sites (N-methyl/N-ethyl adjacent to an activating group) is 1. The first-order chi connectivity index (χ1) is 7.76. The number of aliphatic hydroxyl groups excluding tert-OH is 1. The third-order valence-electron chi connectivity index (χ3n) is 2.59. The van der Waals surface area contributed by atoms with Crippen molar-refractivity contribution in [3.63, 3.8) is 0 Å². The van der Waals surface area contributed by atoms with E-state index in [1.54, 1.807) is 0 Å². The minimum Gasteiger partial charge on any atom is -0.395 e. The number of hydrogen-bond donors (Lipinski definition) is 2. The van der Waals surface area contributed by atoms with E-state index in [9.17, 15) is 0 Å². The van der Waals surface area contributed by atoms with Gasteiger partial charge in [0.15, 0.2) is 0 Å². The van der Waals surface area contributed by atoms with E-state index in [-0.39, 0.29) is 12.6 Å². The summed E-state index contributed by atoms with van der Waals surface area (Å²) in [5, 5.41) is 12.1. The molecule has 2 N–H and O–H groups in total. The number of benzene rings is 1. The minimum absolute atomic E-state index is 0.224. The lowest BCUT2D eigenvalue weighted by molar-refractivity contribution is 0.246. The Kier molecular flexibility index (Phi) is 6.53. The normalized spacial score (nSPS) is 12.7. The predicted octanol–water partition coefficient (Wildman–Crippen LogP) is 2.20. The van der Waals surface area contributed by atoms with E-state index in [0.717, 1.165) is 17.9 Å². The second-order valence-electron chi connectivity index (χ2n) is 4.00. The smallest absolute Gasteiger partial charge is 0.0584 e.